The summed E-state index contributed by atoms with van der Waals surface area (Å²) in [6, 6.07) is 1.74. The molecule has 0 amide bonds. The number of nitriles is 1. The molecule has 0 aliphatic heterocycles. The summed E-state index contributed by atoms with van der Waals surface area (Å²) in [6.07, 6.45) is -3.11. The molecule has 0 saturated heterocycles. The van der Waals surface area contributed by atoms with Crippen LogP contribution >= 0.6 is 0 Å². The largest absolute Gasteiger partial charge is 0.358 e. The molecule has 0 unspecified atom stereocenters. The van der Waals surface area contributed by atoms with Gasteiger partial charge in [0.05, 0.1) is 5.56 Å². The second-order valence-corrected chi connectivity index (χ2v) is 2.48. The van der Waals surface area contributed by atoms with Gasteiger partial charge in [-0.05, 0) is 4.92 Å². The minimum absolute atomic E-state index is 0.477. The number of halogens is 2. The van der Waals surface area contributed by atoms with Gasteiger partial charge in [-0.3, -0.25) is 0 Å². The highest BCUT2D eigenvalue weighted by molar-refractivity contribution is 5.40. The number of nitrogens with zero attached hydrogens (tertiary/aromatic N) is 2. The molecule has 0 aliphatic carbocycles. The molecule has 0 radical (unpaired) electrons. The summed E-state index contributed by atoms with van der Waals surface area (Å²) >= 11 is 0. The monoisotopic (exact) mass is 215 g/mol. The lowest BCUT2D eigenvalue weighted by Gasteiger charge is -2.00. The third kappa shape index (κ3) is 1.96. The van der Waals surface area contributed by atoms with Crippen molar-refractivity contribution in [3.8, 4) is 6.07 Å². The van der Waals surface area contributed by atoms with Crippen molar-refractivity contribution < 1.29 is 13.7 Å². The molecule has 0 fully saturated rings. The van der Waals surface area contributed by atoms with E-state index in [0.29, 0.717) is 6.07 Å². The molecule has 0 saturated carbocycles. The SMILES string of the molecule is N#Cc1c(C(F)F)cc([N+](=O)[O-])[nH]c1=O. The third-order valence-corrected chi connectivity index (χ3v) is 1.59. The maximum atomic E-state index is 12.3. The molecule has 78 valence electrons. The van der Waals surface area contributed by atoms with Crippen LogP contribution < -0.4 is 5.56 Å². The number of pyridine rings is 1. The highest BCUT2D eigenvalue weighted by atomic mass is 19.3. The predicted octanol–water partition coefficient (Wildman–Crippen LogP) is 1.09. The van der Waals surface area contributed by atoms with Crippen LogP contribution in [-0.2, 0) is 0 Å². The van der Waals surface area contributed by atoms with Crippen LogP contribution in [0.3, 0.4) is 0 Å². The zero-order valence-corrected chi connectivity index (χ0v) is 7.03. The van der Waals surface area contributed by atoms with Crippen LogP contribution in [0.2, 0.25) is 0 Å². The van der Waals surface area contributed by atoms with Gasteiger partial charge in [0.2, 0.25) is 0 Å². The van der Waals surface area contributed by atoms with Crippen molar-refractivity contribution >= 4 is 5.82 Å². The Morgan fingerprint density at radius 3 is 2.60 bits per heavy atom. The summed E-state index contributed by atoms with van der Waals surface area (Å²) in [5.74, 6) is -0.866. The van der Waals surface area contributed by atoms with Crippen molar-refractivity contribution in [2.24, 2.45) is 0 Å². The van der Waals surface area contributed by atoms with E-state index in [-0.39, 0.29) is 0 Å². The first-order chi connectivity index (χ1) is 6.97. The molecule has 1 heterocycles. The lowest BCUT2D eigenvalue weighted by Crippen LogP contribution is -2.15. The van der Waals surface area contributed by atoms with E-state index in [1.54, 1.807) is 4.98 Å². The fraction of sp³-hybridized carbons (Fsp3) is 0.143. The lowest BCUT2D eigenvalue weighted by molar-refractivity contribution is -0.389. The first kappa shape index (κ1) is 10.8. The van der Waals surface area contributed by atoms with Gasteiger partial charge in [-0.25, -0.2) is 18.6 Å². The lowest BCUT2D eigenvalue weighted by atomic mass is 10.1. The van der Waals surface area contributed by atoms with Crippen molar-refractivity contribution in [3.05, 3.63) is 37.7 Å². The maximum absolute atomic E-state index is 12.3. The minimum Gasteiger partial charge on any atom is -0.358 e. The van der Waals surface area contributed by atoms with Crippen molar-refractivity contribution in [1.29, 1.82) is 5.26 Å². The van der Waals surface area contributed by atoms with Gasteiger partial charge in [0, 0.05) is 6.07 Å². The van der Waals surface area contributed by atoms with Crippen LogP contribution in [0.4, 0.5) is 14.6 Å². The first-order valence-corrected chi connectivity index (χ1v) is 3.57. The normalized spacial score (nSPS) is 10.0. The molecule has 0 atom stereocenters. The molecule has 1 aromatic rings. The van der Waals surface area contributed by atoms with Crippen molar-refractivity contribution in [3.63, 3.8) is 0 Å². The Labute approximate surface area is 80.9 Å². The Hall–Kier alpha value is -2.30. The summed E-state index contributed by atoms with van der Waals surface area (Å²) in [4.78, 5) is 21.9. The van der Waals surface area contributed by atoms with Gasteiger partial charge in [0.25, 0.3) is 6.43 Å². The van der Waals surface area contributed by atoms with E-state index in [9.17, 15) is 23.7 Å². The molecular weight excluding hydrogens is 212 g/mol. The third-order valence-electron chi connectivity index (χ3n) is 1.59. The fourth-order valence-electron chi connectivity index (χ4n) is 0.951. The summed E-state index contributed by atoms with van der Waals surface area (Å²) in [5.41, 5.74) is -2.94. The molecule has 6 nitrogen and oxygen atoms in total. The van der Waals surface area contributed by atoms with E-state index in [2.05, 4.69) is 0 Å². The Morgan fingerprint density at radius 2 is 2.20 bits per heavy atom. The summed E-state index contributed by atoms with van der Waals surface area (Å²) in [5, 5.41) is 18.6. The molecular formula is C7H3F2N3O3. The summed E-state index contributed by atoms with van der Waals surface area (Å²) < 4.78 is 24.6. The molecule has 8 heteroatoms. The Bertz CT molecular complexity index is 503. The molecule has 0 aliphatic rings. The minimum atomic E-state index is -3.11. The molecule has 1 rings (SSSR count). The molecule has 15 heavy (non-hydrogen) atoms. The number of alkyl halides is 2. The number of aromatic nitrogens is 1. The smallest absolute Gasteiger partial charge is 0.350 e. The molecule has 1 aromatic heterocycles. The zero-order chi connectivity index (χ0) is 11.6. The van der Waals surface area contributed by atoms with Crippen molar-refractivity contribution in [2.45, 2.75) is 6.43 Å². The number of nitro groups is 1. The Kier molecular flexibility index (Phi) is 2.75. The quantitative estimate of drug-likeness (QED) is 0.589. The first-order valence-electron chi connectivity index (χ1n) is 3.57. The van der Waals surface area contributed by atoms with E-state index < -0.39 is 33.9 Å². The van der Waals surface area contributed by atoms with Gasteiger partial charge in [-0.1, -0.05) is 0 Å². The molecule has 1 N–H and O–H groups in total. The van der Waals surface area contributed by atoms with E-state index in [1.807, 2.05) is 0 Å². The average molecular weight is 215 g/mol. The number of aromatic amines is 1. The summed E-state index contributed by atoms with van der Waals surface area (Å²) in [6.45, 7) is 0. The van der Waals surface area contributed by atoms with Gasteiger partial charge >= 0.3 is 11.4 Å². The van der Waals surface area contributed by atoms with Crippen molar-refractivity contribution in [1.82, 2.24) is 4.98 Å². The van der Waals surface area contributed by atoms with Crippen LogP contribution in [0.15, 0.2) is 10.9 Å². The van der Waals surface area contributed by atoms with Crippen LogP contribution in [0.25, 0.3) is 0 Å². The number of rotatable bonds is 2. The van der Waals surface area contributed by atoms with Crippen LogP contribution in [0.5, 0.6) is 0 Å². The van der Waals surface area contributed by atoms with Crippen LogP contribution in [0, 0.1) is 21.4 Å². The second kappa shape index (κ2) is 3.83. The standard InChI is InChI=1S/C7H3F2N3O3/c8-6(9)3-1-5(12(14)15)11-7(13)4(3)2-10/h1,6H,(H,11,13). The van der Waals surface area contributed by atoms with E-state index in [4.69, 9.17) is 5.26 Å². The van der Waals surface area contributed by atoms with Crippen molar-refractivity contribution in [2.75, 3.05) is 0 Å². The fourth-order valence-corrected chi connectivity index (χ4v) is 0.951. The number of H-pyrrole nitrogens is 1. The Balaban J connectivity index is 3.55. The zero-order valence-electron chi connectivity index (χ0n) is 7.03. The van der Waals surface area contributed by atoms with E-state index in [1.165, 1.54) is 6.07 Å². The van der Waals surface area contributed by atoms with Crippen LogP contribution in [0.1, 0.15) is 17.6 Å². The molecule has 0 bridgehead atoms. The van der Waals surface area contributed by atoms with E-state index in [0.717, 1.165) is 0 Å². The number of hydrogen-bond acceptors (Lipinski definition) is 4. The van der Waals surface area contributed by atoms with E-state index >= 15 is 0 Å². The predicted molar refractivity (Wildman–Crippen MR) is 43.4 cm³/mol. The summed E-state index contributed by atoms with van der Waals surface area (Å²) in [7, 11) is 0. The van der Waals surface area contributed by atoms with Gasteiger partial charge in [-0.15, -0.1) is 0 Å². The molecule has 0 aromatic carbocycles. The highest BCUT2D eigenvalue weighted by Crippen LogP contribution is 2.22. The molecule has 0 spiro atoms. The average Bonchev–Trinajstić information content (AvgIpc) is 2.16. The number of nitrogens with one attached hydrogen (secondary N) is 1. The highest BCUT2D eigenvalue weighted by Gasteiger charge is 2.21. The topological polar surface area (TPSA) is 99.8 Å². The van der Waals surface area contributed by atoms with Gasteiger partial charge in [0.15, 0.2) is 5.56 Å². The number of hydrogen-bond donors (Lipinski definition) is 1. The second-order valence-electron chi connectivity index (χ2n) is 2.48. The Morgan fingerprint density at radius 1 is 1.60 bits per heavy atom. The van der Waals surface area contributed by atoms with Gasteiger partial charge < -0.3 is 10.1 Å². The van der Waals surface area contributed by atoms with Crippen LogP contribution in [-0.4, -0.2) is 9.91 Å². The van der Waals surface area contributed by atoms with Gasteiger partial charge in [-0.2, -0.15) is 5.26 Å². The van der Waals surface area contributed by atoms with Gasteiger partial charge in [0.1, 0.15) is 6.07 Å². The maximum Gasteiger partial charge on any atom is 0.350 e.